The molecule has 0 amide bonds. The average molecular weight is 221 g/mol. The van der Waals surface area contributed by atoms with E-state index in [9.17, 15) is 4.79 Å². The van der Waals surface area contributed by atoms with Crippen molar-refractivity contribution in [2.45, 2.75) is 6.42 Å². The fourth-order valence-electron chi connectivity index (χ4n) is 2.21. The van der Waals surface area contributed by atoms with Crippen molar-refractivity contribution in [3.8, 4) is 0 Å². The normalized spacial score (nSPS) is 20.5. The first-order chi connectivity index (χ1) is 7.75. The Morgan fingerprint density at radius 2 is 2.50 bits per heavy atom. The lowest BCUT2D eigenvalue weighted by atomic mass is 10.1. The molecular weight excluding hydrogens is 202 g/mol. The molecule has 16 heavy (non-hydrogen) atoms. The summed E-state index contributed by atoms with van der Waals surface area (Å²) in [6, 6.07) is 3.68. The first-order valence-electron chi connectivity index (χ1n) is 5.81. The number of carbonyl (C=O) groups is 1. The smallest absolute Gasteiger partial charge is 0.192 e. The molecule has 4 nitrogen and oxygen atoms in total. The fraction of sp³-hybridized carbons (Fsp3) is 0.583. The summed E-state index contributed by atoms with van der Waals surface area (Å²) in [4.78, 5) is 16.9. The van der Waals surface area contributed by atoms with E-state index in [-0.39, 0.29) is 5.78 Å². The number of likely N-dealkylation sites (N-methyl/N-ethyl adjacent to an activating group) is 1. The highest BCUT2D eigenvalue weighted by molar-refractivity contribution is 5.95. The minimum Gasteiger partial charge on any atom is -0.359 e. The second-order valence-corrected chi connectivity index (χ2v) is 4.56. The van der Waals surface area contributed by atoms with Gasteiger partial charge in [-0.1, -0.05) is 0 Å². The summed E-state index contributed by atoms with van der Waals surface area (Å²) < 4.78 is 0. The number of aromatic nitrogens is 1. The Balaban J connectivity index is 1.78. The van der Waals surface area contributed by atoms with Crippen LogP contribution in [-0.2, 0) is 0 Å². The highest BCUT2D eigenvalue weighted by atomic mass is 16.1. The van der Waals surface area contributed by atoms with Crippen molar-refractivity contribution in [3.63, 3.8) is 0 Å². The van der Waals surface area contributed by atoms with Gasteiger partial charge < -0.3 is 10.3 Å². The predicted octanol–water partition coefficient (Wildman–Crippen LogP) is 0.739. The van der Waals surface area contributed by atoms with Crippen LogP contribution in [0.25, 0.3) is 0 Å². The second-order valence-electron chi connectivity index (χ2n) is 4.56. The lowest BCUT2D eigenvalue weighted by Gasteiger charge is -2.19. The maximum absolute atomic E-state index is 11.8. The molecule has 2 rings (SSSR count). The third kappa shape index (κ3) is 2.93. The summed E-state index contributed by atoms with van der Waals surface area (Å²) >= 11 is 0. The van der Waals surface area contributed by atoms with Gasteiger partial charge in [0.05, 0.1) is 12.2 Å². The van der Waals surface area contributed by atoms with Crippen LogP contribution < -0.4 is 5.32 Å². The number of Topliss-reactive ketones (excluding diaryl/α,β-unsaturated/α-hetero) is 1. The molecule has 1 aromatic rings. The Kier molecular flexibility index (Phi) is 3.74. The molecular formula is C12H19N3O. The zero-order chi connectivity index (χ0) is 11.4. The number of aromatic amines is 1. The number of rotatable bonds is 5. The molecule has 0 unspecified atom stereocenters. The van der Waals surface area contributed by atoms with Crippen LogP contribution in [0.2, 0.25) is 0 Å². The van der Waals surface area contributed by atoms with E-state index in [4.69, 9.17) is 0 Å². The van der Waals surface area contributed by atoms with Gasteiger partial charge in [0, 0.05) is 12.7 Å². The quantitative estimate of drug-likeness (QED) is 0.721. The molecule has 0 radical (unpaired) electrons. The van der Waals surface area contributed by atoms with E-state index in [0.29, 0.717) is 18.2 Å². The molecule has 2 N–H and O–H groups in total. The minimum atomic E-state index is 0.165. The van der Waals surface area contributed by atoms with Crippen molar-refractivity contribution in [1.29, 1.82) is 0 Å². The van der Waals surface area contributed by atoms with Crippen molar-refractivity contribution in [2.75, 3.05) is 33.2 Å². The third-order valence-corrected chi connectivity index (χ3v) is 3.04. The summed E-state index contributed by atoms with van der Waals surface area (Å²) in [6.45, 7) is 3.70. The van der Waals surface area contributed by atoms with Gasteiger partial charge in [0.15, 0.2) is 5.78 Å². The molecule has 0 aliphatic carbocycles. The summed E-state index contributed by atoms with van der Waals surface area (Å²) in [5.74, 6) is 0.861. The van der Waals surface area contributed by atoms with Crippen molar-refractivity contribution in [1.82, 2.24) is 15.2 Å². The van der Waals surface area contributed by atoms with Crippen LogP contribution >= 0.6 is 0 Å². The Labute approximate surface area is 96.0 Å². The summed E-state index contributed by atoms with van der Waals surface area (Å²) in [5.41, 5.74) is 0.705. The molecule has 1 aliphatic rings. The number of nitrogens with zero attached hydrogens (tertiary/aromatic N) is 1. The molecule has 1 fully saturated rings. The summed E-state index contributed by atoms with van der Waals surface area (Å²) in [6.07, 6.45) is 3.01. The van der Waals surface area contributed by atoms with Gasteiger partial charge in [0.1, 0.15) is 0 Å². The molecule has 0 aromatic carbocycles. The van der Waals surface area contributed by atoms with Crippen LogP contribution in [0.15, 0.2) is 18.3 Å². The second kappa shape index (κ2) is 5.27. The number of H-pyrrole nitrogens is 1. The Hall–Kier alpha value is -1.13. The minimum absolute atomic E-state index is 0.165. The van der Waals surface area contributed by atoms with E-state index in [1.165, 1.54) is 6.42 Å². The monoisotopic (exact) mass is 221 g/mol. The molecule has 0 bridgehead atoms. The van der Waals surface area contributed by atoms with Gasteiger partial charge in [-0.15, -0.1) is 0 Å². The van der Waals surface area contributed by atoms with E-state index in [1.807, 2.05) is 19.2 Å². The summed E-state index contributed by atoms with van der Waals surface area (Å²) in [5, 5.41) is 3.34. The Morgan fingerprint density at radius 1 is 1.62 bits per heavy atom. The molecule has 1 aliphatic heterocycles. The van der Waals surface area contributed by atoms with Gasteiger partial charge in [-0.25, -0.2) is 0 Å². The fourth-order valence-corrected chi connectivity index (χ4v) is 2.21. The molecule has 1 aromatic heterocycles. The van der Waals surface area contributed by atoms with Gasteiger partial charge in [-0.2, -0.15) is 0 Å². The molecule has 88 valence electrons. The maximum Gasteiger partial charge on any atom is 0.192 e. The molecule has 0 spiro atoms. The first kappa shape index (κ1) is 11.4. The van der Waals surface area contributed by atoms with Crippen LogP contribution in [0.5, 0.6) is 0 Å². The first-order valence-corrected chi connectivity index (χ1v) is 5.81. The van der Waals surface area contributed by atoms with E-state index < -0.39 is 0 Å². The van der Waals surface area contributed by atoms with E-state index in [2.05, 4.69) is 15.2 Å². The number of hydrogen-bond acceptors (Lipinski definition) is 3. The van der Waals surface area contributed by atoms with E-state index in [1.54, 1.807) is 6.20 Å². The number of ketones is 1. The van der Waals surface area contributed by atoms with Crippen molar-refractivity contribution in [3.05, 3.63) is 24.0 Å². The predicted molar refractivity (Wildman–Crippen MR) is 63.6 cm³/mol. The molecule has 0 saturated carbocycles. The summed E-state index contributed by atoms with van der Waals surface area (Å²) in [7, 11) is 2.01. The van der Waals surface area contributed by atoms with Crippen LogP contribution in [0, 0.1) is 5.92 Å². The van der Waals surface area contributed by atoms with Gasteiger partial charge in [0.2, 0.25) is 0 Å². The van der Waals surface area contributed by atoms with Crippen molar-refractivity contribution in [2.24, 2.45) is 5.92 Å². The molecule has 1 saturated heterocycles. The van der Waals surface area contributed by atoms with Crippen LogP contribution in [-0.4, -0.2) is 48.9 Å². The zero-order valence-electron chi connectivity index (χ0n) is 9.70. The Bertz CT molecular complexity index is 328. The SMILES string of the molecule is CN(CC(=O)c1ccc[nH]1)C[C@@H]1CCNC1. The number of hydrogen-bond donors (Lipinski definition) is 2. The molecule has 1 atom stereocenters. The zero-order valence-corrected chi connectivity index (χ0v) is 9.70. The third-order valence-electron chi connectivity index (χ3n) is 3.04. The largest absolute Gasteiger partial charge is 0.359 e. The van der Waals surface area contributed by atoms with Crippen molar-refractivity contribution < 1.29 is 4.79 Å². The number of nitrogens with one attached hydrogen (secondary N) is 2. The van der Waals surface area contributed by atoms with Gasteiger partial charge >= 0.3 is 0 Å². The number of carbonyl (C=O) groups excluding carboxylic acids is 1. The highest BCUT2D eigenvalue weighted by Gasteiger charge is 2.18. The van der Waals surface area contributed by atoms with Crippen LogP contribution in [0.1, 0.15) is 16.9 Å². The highest BCUT2D eigenvalue weighted by Crippen LogP contribution is 2.09. The van der Waals surface area contributed by atoms with Gasteiger partial charge in [-0.05, 0) is 44.6 Å². The van der Waals surface area contributed by atoms with Crippen molar-refractivity contribution >= 4 is 5.78 Å². The Morgan fingerprint density at radius 3 is 3.12 bits per heavy atom. The average Bonchev–Trinajstić information content (AvgIpc) is 2.88. The lowest BCUT2D eigenvalue weighted by Crippen LogP contribution is -2.31. The van der Waals surface area contributed by atoms with Gasteiger partial charge in [-0.3, -0.25) is 9.69 Å². The standard InChI is InChI=1S/C12H19N3O/c1-15(8-10-4-6-13-7-10)9-12(16)11-3-2-5-14-11/h2-3,5,10,13-14H,4,6-9H2,1H3/t10-/m1/s1. The van der Waals surface area contributed by atoms with E-state index >= 15 is 0 Å². The maximum atomic E-state index is 11.8. The molecule has 4 heteroatoms. The molecule has 2 heterocycles. The van der Waals surface area contributed by atoms with E-state index in [0.717, 1.165) is 19.6 Å². The van der Waals surface area contributed by atoms with Crippen LogP contribution in [0.3, 0.4) is 0 Å². The van der Waals surface area contributed by atoms with Gasteiger partial charge in [0.25, 0.3) is 0 Å². The topological polar surface area (TPSA) is 48.1 Å². The lowest BCUT2D eigenvalue weighted by molar-refractivity contribution is 0.0935. The van der Waals surface area contributed by atoms with Crippen LogP contribution in [0.4, 0.5) is 0 Å².